The van der Waals surface area contributed by atoms with Gasteiger partial charge in [-0.25, -0.2) is 0 Å². The van der Waals surface area contributed by atoms with E-state index in [-0.39, 0.29) is 48.1 Å². The van der Waals surface area contributed by atoms with E-state index in [0.717, 1.165) is 4.90 Å². The summed E-state index contributed by atoms with van der Waals surface area (Å²) < 4.78 is 16.7. The second kappa shape index (κ2) is 9.50. The predicted molar refractivity (Wildman–Crippen MR) is 131 cm³/mol. The fourth-order valence-corrected chi connectivity index (χ4v) is 4.14. The highest BCUT2D eigenvalue weighted by Gasteiger charge is 2.34. The summed E-state index contributed by atoms with van der Waals surface area (Å²) in [5.74, 6) is -0.931. The quantitative estimate of drug-likeness (QED) is 0.283. The lowest BCUT2D eigenvalue weighted by atomic mass is 10.1. The molecule has 3 aromatic carbocycles. The van der Waals surface area contributed by atoms with Gasteiger partial charge in [0, 0.05) is 18.5 Å². The Balaban J connectivity index is 1.35. The molecule has 1 aliphatic rings. The molecule has 0 saturated carbocycles. The minimum absolute atomic E-state index is 0.0547. The number of benzene rings is 3. The number of para-hydroxylation sites is 1. The lowest BCUT2D eigenvalue weighted by molar-refractivity contribution is -0.134. The van der Waals surface area contributed by atoms with Crippen molar-refractivity contribution in [3.63, 3.8) is 0 Å². The van der Waals surface area contributed by atoms with Crippen LogP contribution in [0.15, 0.2) is 82.0 Å². The van der Waals surface area contributed by atoms with E-state index < -0.39 is 11.4 Å². The highest BCUT2D eigenvalue weighted by atomic mass is 16.5. The molecule has 0 unspecified atom stereocenters. The Labute approximate surface area is 205 Å². The van der Waals surface area contributed by atoms with Gasteiger partial charge in [-0.15, -0.1) is 0 Å². The van der Waals surface area contributed by atoms with Gasteiger partial charge < -0.3 is 13.9 Å². The summed E-state index contributed by atoms with van der Waals surface area (Å²) >= 11 is 0. The van der Waals surface area contributed by atoms with Crippen molar-refractivity contribution in [3.8, 4) is 22.8 Å². The van der Waals surface area contributed by atoms with Crippen LogP contribution < -0.4 is 14.9 Å². The van der Waals surface area contributed by atoms with Crippen molar-refractivity contribution >= 4 is 28.8 Å². The Morgan fingerprint density at radius 2 is 1.50 bits per heavy atom. The lowest BCUT2D eigenvalue weighted by Gasteiger charge is -2.14. The number of carbonyl (C=O) groups excluding carboxylic acids is 3. The molecule has 2 heterocycles. The lowest BCUT2D eigenvalue weighted by Crippen LogP contribution is -2.31. The standard InChI is InChI=1S/C28H21NO7/c1-34-18-14-12-17(13-15-18)25-26(24(31)21-9-4-5-10-22(21)35-25)36-23(30)11-6-16-29-27(32)19-7-2-3-8-20(19)28(29)33/h2-5,7-10,12-15H,6,11,16H2,1H3. The van der Waals surface area contributed by atoms with E-state index in [0.29, 0.717) is 28.0 Å². The fraction of sp³-hybridized carbons (Fsp3) is 0.143. The SMILES string of the molecule is COc1ccc(-c2oc3ccccc3c(=O)c2OC(=O)CCCN2C(=O)c3ccccc3C2=O)cc1. The number of hydrogen-bond acceptors (Lipinski definition) is 7. The van der Waals surface area contributed by atoms with Crippen LogP contribution in [0.2, 0.25) is 0 Å². The van der Waals surface area contributed by atoms with Crippen molar-refractivity contribution in [1.82, 2.24) is 4.90 Å². The van der Waals surface area contributed by atoms with Gasteiger partial charge in [0.05, 0.1) is 23.6 Å². The predicted octanol–water partition coefficient (Wildman–Crippen LogP) is 4.45. The van der Waals surface area contributed by atoms with Crippen LogP contribution in [0, 0.1) is 0 Å². The second-order valence-electron chi connectivity index (χ2n) is 8.20. The molecule has 2 amide bonds. The van der Waals surface area contributed by atoms with Gasteiger partial charge in [0.2, 0.25) is 11.2 Å². The maximum atomic E-state index is 13.2. The first-order valence-corrected chi connectivity index (χ1v) is 11.3. The largest absolute Gasteiger partial charge is 0.497 e. The molecule has 0 bridgehead atoms. The Kier molecular flexibility index (Phi) is 6.08. The van der Waals surface area contributed by atoms with Gasteiger partial charge in [-0.1, -0.05) is 24.3 Å². The summed E-state index contributed by atoms with van der Waals surface area (Å²) in [7, 11) is 1.54. The molecule has 0 spiro atoms. The third-order valence-corrected chi connectivity index (χ3v) is 5.97. The van der Waals surface area contributed by atoms with Crippen LogP contribution in [0.1, 0.15) is 33.6 Å². The summed E-state index contributed by atoms with van der Waals surface area (Å²) in [6, 6.07) is 20.1. The van der Waals surface area contributed by atoms with Crippen LogP contribution >= 0.6 is 0 Å². The van der Waals surface area contributed by atoms with Gasteiger partial charge in [0.15, 0.2) is 5.76 Å². The van der Waals surface area contributed by atoms with Crippen molar-refractivity contribution in [1.29, 1.82) is 0 Å². The maximum absolute atomic E-state index is 13.2. The molecule has 0 N–H and O–H groups in total. The van der Waals surface area contributed by atoms with Crippen LogP contribution in [-0.4, -0.2) is 36.3 Å². The summed E-state index contributed by atoms with van der Waals surface area (Å²) in [5, 5.41) is 0.281. The second-order valence-corrected chi connectivity index (χ2v) is 8.20. The number of rotatable bonds is 7. The van der Waals surface area contributed by atoms with E-state index in [2.05, 4.69) is 0 Å². The molecule has 36 heavy (non-hydrogen) atoms. The number of carbonyl (C=O) groups is 3. The van der Waals surface area contributed by atoms with E-state index in [4.69, 9.17) is 13.9 Å². The Morgan fingerprint density at radius 3 is 2.17 bits per heavy atom. The van der Waals surface area contributed by atoms with E-state index >= 15 is 0 Å². The number of nitrogens with zero attached hydrogens (tertiary/aromatic N) is 1. The smallest absolute Gasteiger partial charge is 0.311 e. The van der Waals surface area contributed by atoms with Gasteiger partial charge in [0.1, 0.15) is 11.3 Å². The van der Waals surface area contributed by atoms with Crippen molar-refractivity contribution in [2.45, 2.75) is 12.8 Å². The molecule has 8 heteroatoms. The number of amides is 2. The number of ether oxygens (including phenoxy) is 2. The molecule has 1 aromatic heterocycles. The zero-order valence-electron chi connectivity index (χ0n) is 19.4. The molecule has 4 aromatic rings. The number of fused-ring (bicyclic) bond motifs is 2. The summed E-state index contributed by atoms with van der Waals surface area (Å²) in [4.78, 5) is 52.1. The number of hydrogen-bond donors (Lipinski definition) is 0. The minimum atomic E-state index is -0.677. The van der Waals surface area contributed by atoms with Crippen LogP contribution in [0.4, 0.5) is 0 Å². The van der Waals surface area contributed by atoms with Crippen molar-refractivity contribution in [3.05, 3.63) is 94.1 Å². The van der Waals surface area contributed by atoms with Crippen LogP contribution in [0.3, 0.4) is 0 Å². The van der Waals surface area contributed by atoms with Gasteiger partial charge in [-0.05, 0) is 55.0 Å². The molecular weight excluding hydrogens is 462 g/mol. The molecule has 0 saturated heterocycles. The van der Waals surface area contributed by atoms with E-state index in [9.17, 15) is 19.2 Å². The highest BCUT2D eigenvalue weighted by molar-refractivity contribution is 6.21. The monoisotopic (exact) mass is 483 g/mol. The zero-order chi connectivity index (χ0) is 25.2. The molecule has 8 nitrogen and oxygen atoms in total. The van der Waals surface area contributed by atoms with Crippen molar-refractivity contribution in [2.75, 3.05) is 13.7 Å². The maximum Gasteiger partial charge on any atom is 0.311 e. The highest BCUT2D eigenvalue weighted by Crippen LogP contribution is 2.32. The molecule has 5 rings (SSSR count). The molecular formula is C28H21NO7. The van der Waals surface area contributed by atoms with E-state index in [1.54, 1.807) is 79.9 Å². The van der Waals surface area contributed by atoms with Crippen LogP contribution in [0.5, 0.6) is 11.5 Å². The van der Waals surface area contributed by atoms with Crippen LogP contribution in [-0.2, 0) is 4.79 Å². The van der Waals surface area contributed by atoms with Gasteiger partial charge in [-0.2, -0.15) is 0 Å². The summed E-state index contributed by atoms with van der Waals surface area (Å²) in [6.07, 6.45) is 0.0722. The van der Waals surface area contributed by atoms with Crippen LogP contribution in [0.25, 0.3) is 22.3 Å². The normalized spacial score (nSPS) is 12.6. The molecule has 1 aliphatic heterocycles. The first kappa shape index (κ1) is 23.0. The Hall–Kier alpha value is -4.72. The molecule has 0 atom stereocenters. The first-order valence-electron chi connectivity index (χ1n) is 11.3. The molecule has 0 radical (unpaired) electrons. The molecule has 0 aliphatic carbocycles. The minimum Gasteiger partial charge on any atom is -0.497 e. The molecule has 180 valence electrons. The number of esters is 1. The summed E-state index contributed by atoms with van der Waals surface area (Å²) in [6.45, 7) is 0.0547. The average Bonchev–Trinajstić information content (AvgIpc) is 3.15. The molecule has 0 fully saturated rings. The van der Waals surface area contributed by atoms with Crippen molar-refractivity contribution < 1.29 is 28.3 Å². The zero-order valence-corrected chi connectivity index (χ0v) is 19.4. The van der Waals surface area contributed by atoms with Gasteiger partial charge >= 0.3 is 5.97 Å². The average molecular weight is 483 g/mol. The van der Waals surface area contributed by atoms with E-state index in [1.807, 2.05) is 0 Å². The summed E-state index contributed by atoms with van der Waals surface area (Å²) in [5.41, 5.74) is 1.12. The van der Waals surface area contributed by atoms with Crippen molar-refractivity contribution in [2.24, 2.45) is 0 Å². The Bertz CT molecular complexity index is 1520. The van der Waals surface area contributed by atoms with Gasteiger partial charge in [0.25, 0.3) is 11.8 Å². The number of imide groups is 1. The van der Waals surface area contributed by atoms with E-state index in [1.165, 1.54) is 0 Å². The topological polar surface area (TPSA) is 103 Å². The first-order chi connectivity index (χ1) is 17.5. The third kappa shape index (κ3) is 4.13. The fourth-order valence-electron chi connectivity index (χ4n) is 4.14. The third-order valence-electron chi connectivity index (χ3n) is 5.97. The van der Waals surface area contributed by atoms with Gasteiger partial charge in [-0.3, -0.25) is 24.1 Å². The number of methoxy groups -OCH3 is 1. The Morgan fingerprint density at radius 1 is 0.861 bits per heavy atom.